The minimum atomic E-state index is -0.745. The summed E-state index contributed by atoms with van der Waals surface area (Å²) in [6.45, 7) is 2.62. The van der Waals surface area contributed by atoms with Gasteiger partial charge in [0.2, 0.25) is 5.91 Å². The Balaban J connectivity index is 1.88. The highest BCUT2D eigenvalue weighted by Crippen LogP contribution is 2.40. The summed E-state index contributed by atoms with van der Waals surface area (Å²) in [4.78, 5) is 22.8. The lowest BCUT2D eigenvalue weighted by Gasteiger charge is -2.36. The molecule has 2 saturated carbocycles. The number of carbonyl (C=O) groups excluding carboxylic acids is 1. The van der Waals surface area contributed by atoms with Gasteiger partial charge in [-0.15, -0.1) is 0 Å². The zero-order valence-electron chi connectivity index (χ0n) is 11.1. The fourth-order valence-electron chi connectivity index (χ4n) is 3.13. The number of aliphatic carboxylic acids is 1. The first-order valence-electron chi connectivity index (χ1n) is 7.02. The largest absolute Gasteiger partial charge is 0.481 e. The van der Waals surface area contributed by atoms with E-state index in [2.05, 4.69) is 12.2 Å². The van der Waals surface area contributed by atoms with Crippen molar-refractivity contribution >= 4 is 11.9 Å². The molecule has 2 aliphatic rings. The number of hydrogen-bond acceptors (Lipinski definition) is 2. The van der Waals surface area contributed by atoms with Crippen LogP contribution in [0.5, 0.6) is 0 Å². The Hall–Kier alpha value is -1.06. The van der Waals surface area contributed by atoms with E-state index in [0.29, 0.717) is 12.5 Å². The van der Waals surface area contributed by atoms with E-state index in [-0.39, 0.29) is 23.7 Å². The Kier molecular flexibility index (Phi) is 3.93. The average Bonchev–Trinajstić information content (AvgIpc) is 3.04. The predicted octanol–water partition coefficient (Wildman–Crippen LogP) is 2.18. The molecule has 2 atom stereocenters. The van der Waals surface area contributed by atoms with Gasteiger partial charge < -0.3 is 10.4 Å². The molecule has 2 rings (SSSR count). The first kappa shape index (κ1) is 13.4. The number of rotatable bonds is 5. The van der Waals surface area contributed by atoms with Crippen LogP contribution in [-0.2, 0) is 9.59 Å². The number of amides is 1. The van der Waals surface area contributed by atoms with Gasteiger partial charge in [-0.25, -0.2) is 0 Å². The van der Waals surface area contributed by atoms with Gasteiger partial charge in [0.05, 0.1) is 6.42 Å². The van der Waals surface area contributed by atoms with Crippen LogP contribution in [0.1, 0.15) is 51.9 Å². The second kappa shape index (κ2) is 5.29. The van der Waals surface area contributed by atoms with Crippen LogP contribution < -0.4 is 5.32 Å². The smallest absolute Gasteiger partial charge is 0.303 e. The molecule has 0 heterocycles. The Morgan fingerprint density at radius 3 is 2.39 bits per heavy atom. The van der Waals surface area contributed by atoms with E-state index in [9.17, 15) is 9.59 Å². The number of nitrogens with one attached hydrogen (secondary N) is 1. The number of carboxylic acids is 1. The quantitative estimate of drug-likeness (QED) is 0.789. The summed E-state index contributed by atoms with van der Waals surface area (Å²) in [7, 11) is 0. The standard InChI is InChI=1S/C14H23NO3/c1-10-7-11(10)13(18)15-9-14(8-12(16)17)5-3-2-4-6-14/h10-11H,2-9H2,1H3,(H,15,18)(H,16,17). The van der Waals surface area contributed by atoms with Crippen LogP contribution in [0.25, 0.3) is 0 Å². The monoisotopic (exact) mass is 253 g/mol. The molecule has 1 amide bonds. The molecule has 4 heteroatoms. The second-order valence-corrected chi connectivity index (χ2v) is 6.17. The molecule has 18 heavy (non-hydrogen) atoms. The molecule has 2 aliphatic carbocycles. The van der Waals surface area contributed by atoms with Crippen molar-refractivity contribution in [2.45, 2.75) is 51.9 Å². The summed E-state index contributed by atoms with van der Waals surface area (Å²) in [5.41, 5.74) is -0.197. The number of hydrogen-bond donors (Lipinski definition) is 2. The van der Waals surface area contributed by atoms with Crippen molar-refractivity contribution in [1.82, 2.24) is 5.32 Å². The van der Waals surface area contributed by atoms with Crippen LogP contribution in [0.4, 0.5) is 0 Å². The Morgan fingerprint density at radius 1 is 1.28 bits per heavy atom. The summed E-state index contributed by atoms with van der Waals surface area (Å²) in [6.07, 6.45) is 6.39. The maximum atomic E-state index is 11.8. The van der Waals surface area contributed by atoms with Crippen molar-refractivity contribution in [2.75, 3.05) is 6.54 Å². The fraction of sp³-hybridized carbons (Fsp3) is 0.857. The summed E-state index contributed by atoms with van der Waals surface area (Å²) < 4.78 is 0. The predicted molar refractivity (Wildman–Crippen MR) is 68.1 cm³/mol. The summed E-state index contributed by atoms with van der Waals surface area (Å²) in [5, 5.41) is 12.0. The van der Waals surface area contributed by atoms with Crippen molar-refractivity contribution in [3.63, 3.8) is 0 Å². The van der Waals surface area contributed by atoms with Crippen molar-refractivity contribution in [3.05, 3.63) is 0 Å². The van der Waals surface area contributed by atoms with Crippen LogP contribution in [0.15, 0.2) is 0 Å². The topological polar surface area (TPSA) is 66.4 Å². The Bertz CT molecular complexity index is 334. The van der Waals surface area contributed by atoms with Gasteiger partial charge in [0, 0.05) is 12.5 Å². The fourth-order valence-corrected chi connectivity index (χ4v) is 3.13. The molecule has 0 saturated heterocycles. The van der Waals surface area contributed by atoms with Gasteiger partial charge in [-0.2, -0.15) is 0 Å². The molecule has 0 aromatic carbocycles. The van der Waals surface area contributed by atoms with E-state index in [0.717, 1.165) is 32.1 Å². The molecule has 0 radical (unpaired) electrons. The van der Waals surface area contributed by atoms with Crippen molar-refractivity contribution in [1.29, 1.82) is 0 Å². The lowest BCUT2D eigenvalue weighted by Crippen LogP contribution is -2.41. The maximum absolute atomic E-state index is 11.8. The number of carboxylic acid groups (broad SMARTS) is 1. The maximum Gasteiger partial charge on any atom is 0.303 e. The highest BCUT2D eigenvalue weighted by atomic mass is 16.4. The lowest BCUT2D eigenvalue weighted by atomic mass is 9.71. The van der Waals surface area contributed by atoms with Crippen LogP contribution in [0.2, 0.25) is 0 Å². The van der Waals surface area contributed by atoms with E-state index in [1.165, 1.54) is 6.42 Å². The first-order chi connectivity index (χ1) is 8.52. The van der Waals surface area contributed by atoms with Gasteiger partial charge in [0.1, 0.15) is 0 Å². The van der Waals surface area contributed by atoms with Gasteiger partial charge in [-0.1, -0.05) is 26.2 Å². The van der Waals surface area contributed by atoms with Crippen LogP contribution in [-0.4, -0.2) is 23.5 Å². The zero-order chi connectivity index (χ0) is 13.2. The van der Waals surface area contributed by atoms with E-state index in [4.69, 9.17) is 5.11 Å². The highest BCUT2D eigenvalue weighted by molar-refractivity contribution is 5.81. The molecule has 0 aromatic heterocycles. The normalized spacial score (nSPS) is 29.6. The second-order valence-electron chi connectivity index (χ2n) is 6.17. The number of carbonyl (C=O) groups is 2. The molecule has 0 aromatic rings. The van der Waals surface area contributed by atoms with E-state index in [1.807, 2.05) is 0 Å². The highest BCUT2D eigenvalue weighted by Gasteiger charge is 2.41. The molecule has 2 N–H and O–H groups in total. The zero-order valence-corrected chi connectivity index (χ0v) is 11.1. The third-order valence-electron chi connectivity index (χ3n) is 4.52. The molecule has 102 valence electrons. The third kappa shape index (κ3) is 3.24. The van der Waals surface area contributed by atoms with Crippen molar-refractivity contribution < 1.29 is 14.7 Å². The van der Waals surface area contributed by atoms with E-state index < -0.39 is 5.97 Å². The Morgan fingerprint density at radius 2 is 1.89 bits per heavy atom. The van der Waals surface area contributed by atoms with E-state index in [1.54, 1.807) is 0 Å². The SMILES string of the molecule is CC1CC1C(=O)NCC1(CC(=O)O)CCCCC1. The minimum Gasteiger partial charge on any atom is -0.481 e. The van der Waals surface area contributed by atoms with Gasteiger partial charge in [-0.05, 0) is 30.6 Å². The molecule has 0 spiro atoms. The van der Waals surface area contributed by atoms with Gasteiger partial charge in [0.25, 0.3) is 0 Å². The minimum absolute atomic E-state index is 0.123. The molecule has 4 nitrogen and oxygen atoms in total. The van der Waals surface area contributed by atoms with Gasteiger partial charge in [-0.3, -0.25) is 9.59 Å². The summed E-state index contributed by atoms with van der Waals surface area (Å²) in [6, 6.07) is 0. The molecular weight excluding hydrogens is 230 g/mol. The van der Waals surface area contributed by atoms with Crippen molar-refractivity contribution in [3.8, 4) is 0 Å². The molecular formula is C14H23NO3. The van der Waals surface area contributed by atoms with Crippen LogP contribution >= 0.6 is 0 Å². The van der Waals surface area contributed by atoms with Crippen LogP contribution in [0.3, 0.4) is 0 Å². The average molecular weight is 253 g/mol. The van der Waals surface area contributed by atoms with E-state index >= 15 is 0 Å². The molecule has 2 fully saturated rings. The lowest BCUT2D eigenvalue weighted by molar-refractivity contribution is -0.140. The first-order valence-corrected chi connectivity index (χ1v) is 7.02. The third-order valence-corrected chi connectivity index (χ3v) is 4.52. The Labute approximate surface area is 108 Å². The van der Waals surface area contributed by atoms with Crippen molar-refractivity contribution in [2.24, 2.45) is 17.3 Å². The summed E-state index contributed by atoms with van der Waals surface area (Å²) >= 11 is 0. The van der Waals surface area contributed by atoms with Gasteiger partial charge >= 0.3 is 5.97 Å². The molecule has 0 aliphatic heterocycles. The molecule has 2 unspecified atom stereocenters. The summed E-state index contributed by atoms with van der Waals surface area (Å²) in [5.74, 6) is 0.0611. The van der Waals surface area contributed by atoms with Gasteiger partial charge in [0.15, 0.2) is 0 Å². The molecule has 0 bridgehead atoms. The van der Waals surface area contributed by atoms with Crippen LogP contribution in [0, 0.1) is 17.3 Å².